The molecule has 0 amide bonds. The Kier molecular flexibility index (Phi) is 4.99. The standard InChI is InChI=1S/C11H23NO3/c1-4-10(7-14-3)12-8-11(13)5-6-15-9(11)2/h9-10,12-13H,4-8H2,1-3H3. The highest BCUT2D eigenvalue weighted by molar-refractivity contribution is 4.92. The highest BCUT2D eigenvalue weighted by atomic mass is 16.5. The Hall–Kier alpha value is -0.160. The van der Waals surface area contributed by atoms with Crippen LogP contribution in [0.25, 0.3) is 0 Å². The van der Waals surface area contributed by atoms with Gasteiger partial charge in [-0.1, -0.05) is 6.92 Å². The van der Waals surface area contributed by atoms with Gasteiger partial charge in [-0.25, -0.2) is 0 Å². The van der Waals surface area contributed by atoms with Gasteiger partial charge >= 0.3 is 0 Å². The van der Waals surface area contributed by atoms with E-state index >= 15 is 0 Å². The fraction of sp³-hybridized carbons (Fsp3) is 1.00. The highest BCUT2D eigenvalue weighted by Crippen LogP contribution is 2.24. The Morgan fingerprint density at radius 1 is 1.67 bits per heavy atom. The van der Waals surface area contributed by atoms with E-state index in [0.29, 0.717) is 32.2 Å². The molecule has 0 radical (unpaired) electrons. The molecule has 0 saturated carbocycles. The molecule has 0 aromatic carbocycles. The van der Waals surface area contributed by atoms with E-state index in [2.05, 4.69) is 12.2 Å². The summed E-state index contributed by atoms with van der Waals surface area (Å²) in [5.74, 6) is 0. The summed E-state index contributed by atoms with van der Waals surface area (Å²) in [6.07, 6.45) is 1.63. The van der Waals surface area contributed by atoms with Crippen molar-refractivity contribution >= 4 is 0 Å². The molecule has 0 aromatic heterocycles. The molecular weight excluding hydrogens is 194 g/mol. The van der Waals surface area contributed by atoms with E-state index in [1.165, 1.54) is 0 Å². The SMILES string of the molecule is CCC(COC)NCC1(O)CCOC1C. The Bertz CT molecular complexity index is 189. The quantitative estimate of drug-likeness (QED) is 0.682. The molecule has 1 rings (SSSR count). The lowest BCUT2D eigenvalue weighted by atomic mass is 9.96. The Balaban J connectivity index is 2.34. The maximum atomic E-state index is 10.2. The summed E-state index contributed by atoms with van der Waals surface area (Å²) in [5.41, 5.74) is -0.707. The molecule has 1 aliphatic rings. The normalized spacial score (nSPS) is 33.2. The predicted molar refractivity (Wildman–Crippen MR) is 58.9 cm³/mol. The molecular formula is C11H23NO3. The van der Waals surface area contributed by atoms with Crippen LogP contribution in [0, 0.1) is 0 Å². The first kappa shape index (κ1) is 12.9. The Labute approximate surface area is 92.0 Å². The third kappa shape index (κ3) is 3.41. The second-order valence-electron chi connectivity index (χ2n) is 4.31. The Morgan fingerprint density at radius 2 is 2.40 bits per heavy atom. The number of rotatable bonds is 6. The van der Waals surface area contributed by atoms with Crippen LogP contribution in [-0.2, 0) is 9.47 Å². The topological polar surface area (TPSA) is 50.7 Å². The maximum absolute atomic E-state index is 10.2. The molecule has 1 saturated heterocycles. The molecule has 3 atom stereocenters. The van der Waals surface area contributed by atoms with Crippen molar-refractivity contribution in [1.29, 1.82) is 0 Å². The van der Waals surface area contributed by atoms with Gasteiger partial charge in [0.2, 0.25) is 0 Å². The van der Waals surface area contributed by atoms with Gasteiger partial charge in [0.25, 0.3) is 0 Å². The molecule has 2 N–H and O–H groups in total. The zero-order valence-corrected chi connectivity index (χ0v) is 9.95. The van der Waals surface area contributed by atoms with Crippen molar-refractivity contribution in [3.05, 3.63) is 0 Å². The van der Waals surface area contributed by atoms with E-state index in [4.69, 9.17) is 9.47 Å². The molecule has 0 aromatic rings. The molecule has 1 heterocycles. The van der Waals surface area contributed by atoms with Crippen LogP contribution in [0.15, 0.2) is 0 Å². The van der Waals surface area contributed by atoms with Crippen LogP contribution < -0.4 is 5.32 Å². The lowest BCUT2D eigenvalue weighted by Gasteiger charge is -2.28. The summed E-state index contributed by atoms with van der Waals surface area (Å²) in [7, 11) is 1.69. The van der Waals surface area contributed by atoms with Crippen LogP contribution >= 0.6 is 0 Å². The Morgan fingerprint density at radius 3 is 2.87 bits per heavy atom. The minimum absolute atomic E-state index is 0.0787. The smallest absolute Gasteiger partial charge is 0.105 e. The van der Waals surface area contributed by atoms with Gasteiger partial charge < -0.3 is 19.9 Å². The molecule has 15 heavy (non-hydrogen) atoms. The van der Waals surface area contributed by atoms with Crippen molar-refractivity contribution in [2.45, 2.75) is 44.4 Å². The van der Waals surface area contributed by atoms with Crippen LogP contribution in [-0.4, -0.2) is 49.7 Å². The number of hydrogen-bond acceptors (Lipinski definition) is 4. The number of hydrogen-bond donors (Lipinski definition) is 2. The van der Waals surface area contributed by atoms with Crippen molar-refractivity contribution in [3.8, 4) is 0 Å². The zero-order chi connectivity index (χ0) is 11.3. The van der Waals surface area contributed by atoms with Gasteiger partial charge in [0.15, 0.2) is 0 Å². The summed E-state index contributed by atoms with van der Waals surface area (Å²) < 4.78 is 10.5. The number of methoxy groups -OCH3 is 1. The lowest BCUT2D eigenvalue weighted by Crippen LogP contribution is -2.49. The van der Waals surface area contributed by atoms with Crippen molar-refractivity contribution in [2.24, 2.45) is 0 Å². The van der Waals surface area contributed by atoms with Crippen LogP contribution in [0.5, 0.6) is 0 Å². The third-order valence-corrected chi connectivity index (χ3v) is 3.22. The van der Waals surface area contributed by atoms with E-state index in [0.717, 1.165) is 6.42 Å². The fourth-order valence-electron chi connectivity index (χ4n) is 1.85. The van der Waals surface area contributed by atoms with Crippen LogP contribution in [0.1, 0.15) is 26.7 Å². The third-order valence-electron chi connectivity index (χ3n) is 3.22. The van der Waals surface area contributed by atoms with Crippen molar-refractivity contribution in [1.82, 2.24) is 5.32 Å². The van der Waals surface area contributed by atoms with E-state index in [-0.39, 0.29) is 6.10 Å². The van der Waals surface area contributed by atoms with Crippen molar-refractivity contribution in [3.63, 3.8) is 0 Å². The lowest BCUT2D eigenvalue weighted by molar-refractivity contribution is -0.0291. The molecule has 3 unspecified atom stereocenters. The van der Waals surface area contributed by atoms with Gasteiger partial charge in [-0.2, -0.15) is 0 Å². The first-order valence-corrected chi connectivity index (χ1v) is 5.68. The first-order valence-electron chi connectivity index (χ1n) is 5.68. The number of aliphatic hydroxyl groups is 1. The molecule has 0 bridgehead atoms. The number of ether oxygens (including phenoxy) is 2. The zero-order valence-electron chi connectivity index (χ0n) is 9.95. The number of nitrogens with one attached hydrogen (secondary N) is 1. The van der Waals surface area contributed by atoms with Gasteiger partial charge in [-0.15, -0.1) is 0 Å². The van der Waals surface area contributed by atoms with Crippen molar-refractivity contribution in [2.75, 3.05) is 26.9 Å². The van der Waals surface area contributed by atoms with Gasteiger partial charge in [0, 0.05) is 32.7 Å². The van der Waals surface area contributed by atoms with Crippen LogP contribution in [0.3, 0.4) is 0 Å². The molecule has 0 spiro atoms. The largest absolute Gasteiger partial charge is 0.386 e. The second-order valence-corrected chi connectivity index (χ2v) is 4.31. The van der Waals surface area contributed by atoms with Crippen LogP contribution in [0.4, 0.5) is 0 Å². The molecule has 1 fully saturated rings. The highest BCUT2D eigenvalue weighted by Gasteiger charge is 2.39. The summed E-state index contributed by atoms with van der Waals surface area (Å²) in [5, 5.41) is 13.6. The summed E-state index contributed by atoms with van der Waals surface area (Å²) >= 11 is 0. The van der Waals surface area contributed by atoms with E-state index < -0.39 is 5.60 Å². The fourth-order valence-corrected chi connectivity index (χ4v) is 1.85. The maximum Gasteiger partial charge on any atom is 0.105 e. The average Bonchev–Trinajstić information content (AvgIpc) is 2.55. The van der Waals surface area contributed by atoms with Crippen molar-refractivity contribution < 1.29 is 14.6 Å². The molecule has 1 aliphatic heterocycles. The van der Waals surface area contributed by atoms with Gasteiger partial charge in [0.1, 0.15) is 5.60 Å². The first-order chi connectivity index (χ1) is 7.12. The van der Waals surface area contributed by atoms with Crippen LogP contribution in [0.2, 0.25) is 0 Å². The van der Waals surface area contributed by atoms with Gasteiger partial charge in [0.05, 0.1) is 12.7 Å². The molecule has 4 nitrogen and oxygen atoms in total. The van der Waals surface area contributed by atoms with Gasteiger partial charge in [-0.3, -0.25) is 0 Å². The predicted octanol–water partition coefficient (Wildman–Crippen LogP) is 0.541. The van der Waals surface area contributed by atoms with E-state index in [1.54, 1.807) is 7.11 Å². The van der Waals surface area contributed by atoms with E-state index in [9.17, 15) is 5.11 Å². The summed E-state index contributed by atoms with van der Waals surface area (Å²) in [6.45, 7) is 5.94. The minimum atomic E-state index is -0.707. The molecule has 90 valence electrons. The minimum Gasteiger partial charge on any atom is -0.386 e. The average molecular weight is 217 g/mol. The van der Waals surface area contributed by atoms with Gasteiger partial charge in [-0.05, 0) is 13.3 Å². The monoisotopic (exact) mass is 217 g/mol. The summed E-state index contributed by atoms with van der Waals surface area (Å²) in [4.78, 5) is 0. The second kappa shape index (κ2) is 5.80. The molecule has 4 heteroatoms. The van der Waals surface area contributed by atoms with E-state index in [1.807, 2.05) is 6.92 Å². The molecule has 0 aliphatic carbocycles. The summed E-state index contributed by atoms with van der Waals surface area (Å²) in [6, 6.07) is 0.312.